The molecule has 0 saturated carbocycles. The summed E-state index contributed by atoms with van der Waals surface area (Å²) in [6, 6.07) is 6.30. The van der Waals surface area contributed by atoms with Gasteiger partial charge in [0.15, 0.2) is 11.9 Å². The Labute approximate surface area is 169 Å². The first-order valence-corrected chi connectivity index (χ1v) is 10.4. The quantitative estimate of drug-likeness (QED) is 0.428. The van der Waals surface area contributed by atoms with Crippen LogP contribution in [-0.2, 0) is 22.4 Å². The van der Waals surface area contributed by atoms with E-state index in [4.69, 9.17) is 4.74 Å². The van der Waals surface area contributed by atoms with E-state index in [9.17, 15) is 14.4 Å². The number of fused-ring (bicyclic) bond motifs is 1. The van der Waals surface area contributed by atoms with Crippen molar-refractivity contribution in [2.24, 2.45) is 0 Å². The minimum absolute atomic E-state index is 0.0966. The zero-order valence-electron chi connectivity index (χ0n) is 16.7. The van der Waals surface area contributed by atoms with Crippen LogP contribution < -0.4 is 0 Å². The van der Waals surface area contributed by atoms with E-state index in [0.29, 0.717) is 22.5 Å². The van der Waals surface area contributed by atoms with E-state index in [2.05, 4.69) is 17.1 Å². The largest absolute Gasteiger partial charge is 0.454 e. The van der Waals surface area contributed by atoms with Crippen LogP contribution >= 0.6 is 11.8 Å². The van der Waals surface area contributed by atoms with Crippen molar-refractivity contribution in [2.45, 2.75) is 58.0 Å². The first kappa shape index (κ1) is 20.4. The number of rotatable bonds is 7. The molecule has 0 aliphatic heterocycles. The van der Waals surface area contributed by atoms with E-state index in [1.807, 2.05) is 6.07 Å². The van der Waals surface area contributed by atoms with Crippen molar-refractivity contribution >= 4 is 29.3 Å². The molecule has 28 heavy (non-hydrogen) atoms. The molecular weight excluding hydrogens is 374 g/mol. The summed E-state index contributed by atoms with van der Waals surface area (Å²) in [6.45, 7) is 6.51. The number of esters is 1. The Kier molecular flexibility index (Phi) is 6.08. The number of thioether (sulfide) groups is 1. The van der Waals surface area contributed by atoms with Crippen LogP contribution in [0.25, 0.3) is 0 Å². The number of carbonyl (C=O) groups excluding carboxylic acids is 3. The van der Waals surface area contributed by atoms with Gasteiger partial charge < -0.3 is 9.72 Å². The van der Waals surface area contributed by atoms with Crippen molar-refractivity contribution in [1.29, 1.82) is 0 Å². The summed E-state index contributed by atoms with van der Waals surface area (Å²) in [5.74, 6) is -0.707. The maximum absolute atomic E-state index is 12.7. The Hall–Kier alpha value is -2.34. The fourth-order valence-electron chi connectivity index (χ4n) is 3.79. The zero-order valence-corrected chi connectivity index (χ0v) is 17.5. The number of benzene rings is 1. The zero-order chi connectivity index (χ0) is 20.4. The minimum atomic E-state index is -0.912. The Bertz CT molecular complexity index is 944. The monoisotopic (exact) mass is 399 g/mol. The van der Waals surface area contributed by atoms with Crippen molar-refractivity contribution in [2.75, 3.05) is 5.75 Å². The third-order valence-corrected chi connectivity index (χ3v) is 6.11. The number of ether oxygens (including phenoxy) is 1. The van der Waals surface area contributed by atoms with E-state index in [-0.39, 0.29) is 17.3 Å². The van der Waals surface area contributed by atoms with Gasteiger partial charge >= 0.3 is 5.97 Å². The van der Waals surface area contributed by atoms with Crippen molar-refractivity contribution in [1.82, 2.24) is 4.98 Å². The molecule has 148 valence electrons. The molecule has 0 radical (unpaired) electrons. The van der Waals surface area contributed by atoms with Gasteiger partial charge in [0, 0.05) is 16.2 Å². The van der Waals surface area contributed by atoms with Crippen LogP contribution in [0.4, 0.5) is 0 Å². The van der Waals surface area contributed by atoms with Gasteiger partial charge in [0.2, 0.25) is 5.78 Å². The van der Waals surface area contributed by atoms with E-state index in [0.717, 1.165) is 17.7 Å². The van der Waals surface area contributed by atoms with Gasteiger partial charge in [0.1, 0.15) is 0 Å². The maximum atomic E-state index is 12.7. The average molecular weight is 400 g/mol. The molecule has 3 rings (SSSR count). The standard InChI is InChI=1S/C22H25NO4S/c1-12-20(14(3)24)13(2)23-21(12)22(26)15(4)27-19(25)11-28-18-9-8-16-6-5-7-17(16)10-18/h8-10,15,23H,5-7,11H2,1-4H3/t15-/m0/s1. The number of hydrogen-bond acceptors (Lipinski definition) is 5. The first-order chi connectivity index (χ1) is 13.3. The third-order valence-electron chi connectivity index (χ3n) is 5.14. The van der Waals surface area contributed by atoms with Crippen LogP contribution in [0.2, 0.25) is 0 Å². The van der Waals surface area contributed by atoms with E-state index < -0.39 is 12.1 Å². The van der Waals surface area contributed by atoms with Gasteiger partial charge in [-0.3, -0.25) is 14.4 Å². The summed E-state index contributed by atoms with van der Waals surface area (Å²) in [5, 5.41) is 0. The van der Waals surface area contributed by atoms with Crippen molar-refractivity contribution < 1.29 is 19.1 Å². The lowest BCUT2D eigenvalue weighted by atomic mass is 10.0. The molecule has 1 aromatic heterocycles. The van der Waals surface area contributed by atoms with Crippen LogP contribution in [0.3, 0.4) is 0 Å². The Balaban J connectivity index is 1.59. The molecule has 1 N–H and O–H groups in total. The van der Waals surface area contributed by atoms with Crippen LogP contribution in [0.1, 0.15) is 63.5 Å². The van der Waals surface area contributed by atoms with Crippen LogP contribution in [0.5, 0.6) is 0 Å². The van der Waals surface area contributed by atoms with Gasteiger partial charge in [0.25, 0.3) is 0 Å². The van der Waals surface area contributed by atoms with Crippen molar-refractivity contribution in [3.05, 3.63) is 51.8 Å². The van der Waals surface area contributed by atoms with E-state index in [1.165, 1.54) is 36.2 Å². The van der Waals surface area contributed by atoms with Gasteiger partial charge in [-0.05, 0) is 75.8 Å². The molecule has 0 saturated heterocycles. The Morgan fingerprint density at radius 3 is 2.57 bits per heavy atom. The highest BCUT2D eigenvalue weighted by Gasteiger charge is 2.26. The van der Waals surface area contributed by atoms with Gasteiger partial charge in [-0.25, -0.2) is 0 Å². The molecule has 1 aromatic carbocycles. The molecule has 0 fully saturated rings. The van der Waals surface area contributed by atoms with Crippen LogP contribution in [-0.4, -0.2) is 34.4 Å². The maximum Gasteiger partial charge on any atom is 0.316 e. The molecule has 1 aliphatic carbocycles. The summed E-state index contributed by atoms with van der Waals surface area (Å²) in [5.41, 5.74) is 4.86. The molecule has 0 unspecified atom stereocenters. The lowest BCUT2D eigenvalue weighted by Crippen LogP contribution is -2.26. The predicted octanol–water partition coefficient (Wildman–Crippen LogP) is 4.23. The number of ketones is 2. The highest BCUT2D eigenvalue weighted by atomic mass is 32.2. The first-order valence-electron chi connectivity index (χ1n) is 9.46. The van der Waals surface area contributed by atoms with Gasteiger partial charge in [-0.1, -0.05) is 6.07 Å². The highest BCUT2D eigenvalue weighted by molar-refractivity contribution is 8.00. The number of nitrogens with one attached hydrogen (secondary N) is 1. The molecule has 0 amide bonds. The molecule has 1 heterocycles. The Morgan fingerprint density at radius 1 is 1.18 bits per heavy atom. The smallest absolute Gasteiger partial charge is 0.316 e. The van der Waals surface area contributed by atoms with E-state index >= 15 is 0 Å². The molecule has 5 nitrogen and oxygen atoms in total. The number of H-pyrrole nitrogens is 1. The fourth-order valence-corrected chi connectivity index (χ4v) is 4.54. The molecule has 0 spiro atoms. The van der Waals surface area contributed by atoms with Crippen LogP contribution in [0.15, 0.2) is 23.1 Å². The summed E-state index contributed by atoms with van der Waals surface area (Å²) in [7, 11) is 0. The minimum Gasteiger partial charge on any atom is -0.454 e. The number of Topliss-reactive ketones (excluding diaryl/α,β-unsaturated/α-hetero) is 2. The molecule has 2 aromatic rings. The highest BCUT2D eigenvalue weighted by Crippen LogP contribution is 2.28. The lowest BCUT2D eigenvalue weighted by molar-refractivity contribution is -0.143. The normalized spacial score (nSPS) is 13.9. The SMILES string of the molecule is CC(=O)c1c(C)[nH]c(C(=O)[C@H](C)OC(=O)CSc2ccc3c(c2)CCC3)c1C. The summed E-state index contributed by atoms with van der Waals surface area (Å²) in [4.78, 5) is 40.6. The topological polar surface area (TPSA) is 76.2 Å². The second-order valence-electron chi connectivity index (χ2n) is 7.25. The molecule has 1 atom stereocenters. The summed E-state index contributed by atoms with van der Waals surface area (Å²) < 4.78 is 5.33. The number of hydrogen-bond donors (Lipinski definition) is 1. The fraction of sp³-hybridized carbons (Fsp3) is 0.409. The van der Waals surface area contributed by atoms with Gasteiger partial charge in [0.05, 0.1) is 11.4 Å². The second-order valence-corrected chi connectivity index (χ2v) is 8.30. The van der Waals surface area contributed by atoms with E-state index in [1.54, 1.807) is 20.8 Å². The number of aryl methyl sites for hydroxylation is 3. The number of aromatic amines is 1. The molecule has 1 aliphatic rings. The number of aromatic nitrogens is 1. The predicted molar refractivity (Wildman–Crippen MR) is 109 cm³/mol. The van der Waals surface area contributed by atoms with Gasteiger partial charge in [-0.2, -0.15) is 0 Å². The summed E-state index contributed by atoms with van der Waals surface area (Å²) >= 11 is 1.42. The second kappa shape index (κ2) is 8.35. The third kappa shape index (κ3) is 4.22. The number of carbonyl (C=O) groups is 3. The lowest BCUT2D eigenvalue weighted by Gasteiger charge is -2.12. The Morgan fingerprint density at radius 2 is 1.89 bits per heavy atom. The average Bonchev–Trinajstić information content (AvgIpc) is 3.22. The van der Waals surface area contributed by atoms with Crippen molar-refractivity contribution in [3.63, 3.8) is 0 Å². The molecular formula is C22H25NO4S. The van der Waals surface area contributed by atoms with Crippen molar-refractivity contribution in [3.8, 4) is 0 Å². The molecule has 6 heteroatoms. The summed E-state index contributed by atoms with van der Waals surface area (Å²) in [6.07, 6.45) is 2.50. The van der Waals surface area contributed by atoms with Gasteiger partial charge in [-0.15, -0.1) is 11.8 Å². The molecule has 0 bridgehead atoms. The van der Waals surface area contributed by atoms with Crippen LogP contribution in [0, 0.1) is 13.8 Å².